The Hall–Kier alpha value is -3.72. The second kappa shape index (κ2) is 7.45. The molecule has 0 aliphatic rings. The number of nitrogens with one attached hydrogen (secondary N) is 2. The molecule has 0 saturated heterocycles. The number of rotatable bonds is 4. The van der Waals surface area contributed by atoms with Crippen molar-refractivity contribution in [3.05, 3.63) is 77.1 Å². The number of benzene rings is 2. The molecule has 1 heterocycles. The molecule has 6 nitrogen and oxygen atoms in total. The van der Waals surface area contributed by atoms with Gasteiger partial charge in [0.1, 0.15) is 5.69 Å². The van der Waals surface area contributed by atoms with Crippen molar-refractivity contribution in [1.29, 1.82) is 5.26 Å². The Bertz CT molecular complexity index is 1010. The van der Waals surface area contributed by atoms with Crippen molar-refractivity contribution in [3.63, 3.8) is 0 Å². The molecule has 2 aromatic carbocycles. The number of amides is 1. The van der Waals surface area contributed by atoms with Gasteiger partial charge in [-0.15, -0.1) is 0 Å². The predicted octanol–water partition coefficient (Wildman–Crippen LogP) is 3.96. The van der Waals surface area contributed by atoms with Crippen LogP contribution in [0.5, 0.6) is 0 Å². The van der Waals surface area contributed by atoms with Crippen LogP contribution in [0.1, 0.15) is 27.2 Å². The Morgan fingerprint density at radius 1 is 1.12 bits per heavy atom. The third kappa shape index (κ3) is 4.02. The molecule has 0 unspecified atom stereocenters. The van der Waals surface area contributed by atoms with E-state index in [1.54, 1.807) is 30.3 Å². The third-order valence-electron chi connectivity index (χ3n) is 3.78. The van der Waals surface area contributed by atoms with Crippen molar-refractivity contribution in [3.8, 4) is 6.07 Å². The number of aryl methyl sites for hydroxylation is 2. The molecule has 0 bridgehead atoms. The van der Waals surface area contributed by atoms with Crippen molar-refractivity contribution >= 4 is 23.2 Å². The summed E-state index contributed by atoms with van der Waals surface area (Å²) in [5.74, 6) is -0.0244. The van der Waals surface area contributed by atoms with E-state index < -0.39 is 0 Å². The fraction of sp³-hybridized carbons (Fsp3) is 0.100. The van der Waals surface area contributed by atoms with Gasteiger partial charge in [0, 0.05) is 17.6 Å². The van der Waals surface area contributed by atoms with Crippen LogP contribution in [0.3, 0.4) is 0 Å². The van der Waals surface area contributed by atoms with Crippen molar-refractivity contribution in [1.82, 2.24) is 9.97 Å². The van der Waals surface area contributed by atoms with E-state index in [-0.39, 0.29) is 17.5 Å². The van der Waals surface area contributed by atoms with E-state index in [4.69, 9.17) is 5.26 Å². The van der Waals surface area contributed by atoms with Crippen LogP contribution in [0, 0.1) is 25.2 Å². The largest absolute Gasteiger partial charge is 0.324 e. The first-order valence-corrected chi connectivity index (χ1v) is 8.04. The minimum absolute atomic E-state index is 0.250. The number of hydrogen-bond donors (Lipinski definition) is 2. The molecule has 0 saturated carbocycles. The molecule has 0 aliphatic carbocycles. The zero-order chi connectivity index (χ0) is 18.5. The first-order valence-electron chi connectivity index (χ1n) is 8.04. The van der Waals surface area contributed by atoms with Gasteiger partial charge in [-0.25, -0.2) is 9.97 Å². The van der Waals surface area contributed by atoms with E-state index >= 15 is 0 Å². The molecule has 0 radical (unpaired) electrons. The Morgan fingerprint density at radius 2 is 1.96 bits per heavy atom. The zero-order valence-corrected chi connectivity index (χ0v) is 14.4. The highest BCUT2D eigenvalue weighted by molar-refractivity contribution is 6.03. The van der Waals surface area contributed by atoms with Gasteiger partial charge < -0.3 is 10.6 Å². The molecule has 0 spiro atoms. The number of carbonyl (C=O) groups excluding carboxylic acids is 1. The second-order valence-corrected chi connectivity index (χ2v) is 5.86. The van der Waals surface area contributed by atoms with E-state index in [9.17, 15) is 4.79 Å². The van der Waals surface area contributed by atoms with Gasteiger partial charge in [0.2, 0.25) is 5.95 Å². The van der Waals surface area contributed by atoms with Crippen LogP contribution < -0.4 is 10.6 Å². The maximum Gasteiger partial charge on any atom is 0.274 e. The average Bonchev–Trinajstić information content (AvgIpc) is 2.65. The van der Waals surface area contributed by atoms with Crippen molar-refractivity contribution in [2.24, 2.45) is 0 Å². The van der Waals surface area contributed by atoms with Crippen LogP contribution in [0.4, 0.5) is 17.3 Å². The molecule has 128 valence electrons. The second-order valence-electron chi connectivity index (χ2n) is 5.86. The molecule has 3 aromatic rings. The number of anilines is 3. The van der Waals surface area contributed by atoms with Gasteiger partial charge in [0.25, 0.3) is 5.91 Å². The SMILES string of the molecule is Cc1ccc(C)c(NC(=O)c2ccnc(Nc3cccc(C#N)c3)n2)c1. The highest BCUT2D eigenvalue weighted by Crippen LogP contribution is 2.18. The Balaban J connectivity index is 1.79. The van der Waals surface area contributed by atoms with Gasteiger partial charge in [0.05, 0.1) is 11.6 Å². The molecular formula is C20H17N5O. The molecule has 0 aliphatic heterocycles. The molecule has 1 amide bonds. The summed E-state index contributed by atoms with van der Waals surface area (Å²) in [6, 6.07) is 16.5. The number of aromatic nitrogens is 2. The Kier molecular flexibility index (Phi) is 4.90. The summed E-state index contributed by atoms with van der Waals surface area (Å²) in [7, 11) is 0. The lowest BCUT2D eigenvalue weighted by Crippen LogP contribution is -2.15. The quantitative estimate of drug-likeness (QED) is 0.748. The standard InChI is InChI=1S/C20H17N5O/c1-13-6-7-14(2)18(10-13)24-19(26)17-8-9-22-20(25-17)23-16-5-3-4-15(11-16)12-21/h3-11H,1-2H3,(H,24,26)(H,22,23,25). The smallest absolute Gasteiger partial charge is 0.274 e. The first kappa shape index (κ1) is 17.1. The van der Waals surface area contributed by atoms with E-state index in [0.717, 1.165) is 16.8 Å². The summed E-state index contributed by atoms with van der Waals surface area (Å²) in [4.78, 5) is 20.9. The van der Waals surface area contributed by atoms with Gasteiger partial charge >= 0.3 is 0 Å². The normalized spacial score (nSPS) is 10.0. The molecule has 26 heavy (non-hydrogen) atoms. The summed E-state index contributed by atoms with van der Waals surface area (Å²) in [6.45, 7) is 3.90. The van der Waals surface area contributed by atoms with E-state index in [2.05, 4.69) is 26.7 Å². The van der Waals surface area contributed by atoms with E-state index in [1.165, 1.54) is 6.20 Å². The first-order chi connectivity index (χ1) is 12.5. The van der Waals surface area contributed by atoms with Crippen LogP contribution in [0.15, 0.2) is 54.7 Å². The Labute approximate surface area is 151 Å². The number of hydrogen-bond acceptors (Lipinski definition) is 5. The summed E-state index contributed by atoms with van der Waals surface area (Å²) in [5, 5.41) is 14.8. The molecule has 1 aromatic heterocycles. The molecular weight excluding hydrogens is 326 g/mol. The predicted molar refractivity (Wildman–Crippen MR) is 100 cm³/mol. The minimum atomic E-state index is -0.310. The summed E-state index contributed by atoms with van der Waals surface area (Å²) < 4.78 is 0. The van der Waals surface area contributed by atoms with Crippen molar-refractivity contribution in [2.75, 3.05) is 10.6 Å². The highest BCUT2D eigenvalue weighted by atomic mass is 16.1. The van der Waals surface area contributed by atoms with Gasteiger partial charge in [0.15, 0.2) is 0 Å². The molecule has 0 fully saturated rings. The average molecular weight is 343 g/mol. The van der Waals surface area contributed by atoms with E-state index in [1.807, 2.05) is 32.0 Å². The fourth-order valence-electron chi connectivity index (χ4n) is 2.40. The lowest BCUT2D eigenvalue weighted by Gasteiger charge is -2.10. The van der Waals surface area contributed by atoms with Crippen molar-refractivity contribution < 1.29 is 4.79 Å². The van der Waals surface area contributed by atoms with Crippen LogP contribution >= 0.6 is 0 Å². The van der Waals surface area contributed by atoms with Crippen LogP contribution in [0.2, 0.25) is 0 Å². The maximum atomic E-state index is 12.5. The van der Waals surface area contributed by atoms with Gasteiger partial charge in [-0.3, -0.25) is 4.79 Å². The molecule has 3 rings (SSSR count). The van der Waals surface area contributed by atoms with Crippen molar-refractivity contribution in [2.45, 2.75) is 13.8 Å². The van der Waals surface area contributed by atoms with Gasteiger partial charge in [-0.05, 0) is 55.3 Å². The number of carbonyl (C=O) groups is 1. The summed E-state index contributed by atoms with van der Waals surface area (Å²) in [5.41, 5.74) is 4.25. The van der Waals surface area contributed by atoms with Crippen LogP contribution in [-0.2, 0) is 0 Å². The van der Waals surface area contributed by atoms with Crippen LogP contribution in [0.25, 0.3) is 0 Å². The minimum Gasteiger partial charge on any atom is -0.324 e. The number of nitrogens with zero attached hydrogens (tertiary/aromatic N) is 3. The topological polar surface area (TPSA) is 90.7 Å². The fourth-order valence-corrected chi connectivity index (χ4v) is 2.40. The molecule has 0 atom stereocenters. The lowest BCUT2D eigenvalue weighted by atomic mass is 10.1. The van der Waals surface area contributed by atoms with Crippen LogP contribution in [-0.4, -0.2) is 15.9 Å². The lowest BCUT2D eigenvalue weighted by molar-refractivity contribution is 0.102. The van der Waals surface area contributed by atoms with Gasteiger partial charge in [-0.2, -0.15) is 5.26 Å². The monoisotopic (exact) mass is 343 g/mol. The Morgan fingerprint density at radius 3 is 2.77 bits per heavy atom. The molecule has 6 heteroatoms. The van der Waals surface area contributed by atoms with E-state index in [0.29, 0.717) is 11.3 Å². The highest BCUT2D eigenvalue weighted by Gasteiger charge is 2.11. The summed E-state index contributed by atoms with van der Waals surface area (Å²) in [6.07, 6.45) is 1.52. The molecule has 2 N–H and O–H groups in total. The maximum absolute atomic E-state index is 12.5. The van der Waals surface area contributed by atoms with Gasteiger partial charge in [-0.1, -0.05) is 18.2 Å². The number of nitriles is 1. The third-order valence-corrected chi connectivity index (χ3v) is 3.78. The zero-order valence-electron chi connectivity index (χ0n) is 14.4. The summed E-state index contributed by atoms with van der Waals surface area (Å²) >= 11 is 0.